The van der Waals surface area contributed by atoms with Crippen molar-refractivity contribution in [3.05, 3.63) is 57.1 Å². The first-order valence-corrected chi connectivity index (χ1v) is 7.21. The summed E-state index contributed by atoms with van der Waals surface area (Å²) in [6.07, 6.45) is 0. The molecule has 0 bridgehead atoms. The van der Waals surface area contributed by atoms with Crippen LogP contribution in [0.1, 0.15) is 21.5 Å². The second kappa shape index (κ2) is 6.99. The highest BCUT2D eigenvalue weighted by Crippen LogP contribution is 2.39. The molecule has 0 amide bonds. The quantitative estimate of drug-likeness (QED) is 0.509. The molecule has 0 saturated carbocycles. The van der Waals surface area contributed by atoms with E-state index in [4.69, 9.17) is 9.47 Å². The van der Waals surface area contributed by atoms with Gasteiger partial charge in [-0.3, -0.25) is 10.1 Å². The maximum absolute atomic E-state index is 11.7. The van der Waals surface area contributed by atoms with Gasteiger partial charge < -0.3 is 14.8 Å². The van der Waals surface area contributed by atoms with Crippen molar-refractivity contribution in [2.75, 3.05) is 19.5 Å². The molecule has 1 N–H and O–H groups in total. The topological polar surface area (TPSA) is 90.7 Å². The Labute approximate surface area is 139 Å². The number of carbonyl (C=O) groups is 1. The van der Waals surface area contributed by atoms with Crippen LogP contribution in [-0.4, -0.2) is 25.1 Å². The van der Waals surface area contributed by atoms with Crippen LogP contribution in [0.4, 0.5) is 11.4 Å². The minimum absolute atomic E-state index is 0.129. The van der Waals surface area contributed by atoms with E-state index in [-0.39, 0.29) is 11.4 Å². The van der Waals surface area contributed by atoms with E-state index in [9.17, 15) is 14.9 Å². The summed E-state index contributed by atoms with van der Waals surface area (Å²) in [7, 11) is 2.91. The molecule has 2 aromatic rings. The van der Waals surface area contributed by atoms with E-state index in [1.807, 2.05) is 0 Å². The van der Waals surface area contributed by atoms with Gasteiger partial charge in [0.25, 0.3) is 0 Å². The lowest BCUT2D eigenvalue weighted by Gasteiger charge is -2.14. The number of para-hydroxylation sites is 1. The van der Waals surface area contributed by atoms with Crippen LogP contribution in [0, 0.1) is 24.0 Å². The second-order valence-corrected chi connectivity index (χ2v) is 5.19. The molecule has 0 aliphatic rings. The Morgan fingerprint density at radius 3 is 2.33 bits per heavy atom. The van der Waals surface area contributed by atoms with Gasteiger partial charge in [-0.15, -0.1) is 0 Å². The Balaban J connectivity index is 2.50. The van der Waals surface area contributed by atoms with E-state index < -0.39 is 10.9 Å². The number of nitro groups is 1. The van der Waals surface area contributed by atoms with Crippen LogP contribution >= 0.6 is 0 Å². The monoisotopic (exact) mass is 330 g/mol. The highest BCUT2D eigenvalue weighted by atomic mass is 16.6. The molecule has 2 aromatic carbocycles. The fourth-order valence-corrected chi connectivity index (χ4v) is 2.45. The summed E-state index contributed by atoms with van der Waals surface area (Å²) in [5, 5.41) is 14.1. The van der Waals surface area contributed by atoms with Gasteiger partial charge in [-0.05, 0) is 49.2 Å². The van der Waals surface area contributed by atoms with Crippen molar-refractivity contribution in [2.24, 2.45) is 0 Å². The second-order valence-electron chi connectivity index (χ2n) is 5.19. The number of rotatable bonds is 5. The van der Waals surface area contributed by atoms with Crippen molar-refractivity contribution in [3.8, 4) is 11.5 Å². The van der Waals surface area contributed by atoms with Gasteiger partial charge in [-0.2, -0.15) is 0 Å². The van der Waals surface area contributed by atoms with Crippen molar-refractivity contribution in [2.45, 2.75) is 13.8 Å². The molecule has 0 spiro atoms. The molecular weight excluding hydrogens is 312 g/mol. The van der Waals surface area contributed by atoms with E-state index in [0.717, 1.165) is 0 Å². The van der Waals surface area contributed by atoms with Crippen molar-refractivity contribution in [1.82, 2.24) is 0 Å². The maximum atomic E-state index is 11.7. The number of anilines is 1. The largest absolute Gasteiger partial charge is 0.465 e. The molecule has 0 saturated heterocycles. The minimum Gasteiger partial charge on any atom is -0.465 e. The average molecular weight is 330 g/mol. The predicted octanol–water partition coefficient (Wildman–Crippen LogP) is 3.83. The molecule has 0 aliphatic carbocycles. The molecule has 0 heterocycles. The number of ether oxygens (including phenoxy) is 2. The third-order valence-corrected chi connectivity index (χ3v) is 3.54. The molecule has 0 unspecified atom stereocenters. The van der Waals surface area contributed by atoms with Crippen molar-refractivity contribution in [3.63, 3.8) is 0 Å². The first-order chi connectivity index (χ1) is 11.4. The molecule has 0 radical (unpaired) electrons. The van der Waals surface area contributed by atoms with Crippen molar-refractivity contribution < 1.29 is 19.2 Å². The normalized spacial score (nSPS) is 10.2. The predicted molar refractivity (Wildman–Crippen MR) is 90.0 cm³/mol. The van der Waals surface area contributed by atoms with Gasteiger partial charge in [0.15, 0.2) is 0 Å². The smallest absolute Gasteiger partial charge is 0.337 e. The number of esters is 1. The van der Waals surface area contributed by atoms with Crippen LogP contribution in [0.25, 0.3) is 0 Å². The van der Waals surface area contributed by atoms with Gasteiger partial charge in [0, 0.05) is 7.05 Å². The van der Waals surface area contributed by atoms with Gasteiger partial charge in [0.2, 0.25) is 5.75 Å². The lowest BCUT2D eigenvalue weighted by atomic mass is 10.1. The summed E-state index contributed by atoms with van der Waals surface area (Å²) in [5.74, 6) is 0.152. The van der Waals surface area contributed by atoms with Crippen LogP contribution < -0.4 is 10.1 Å². The molecule has 24 heavy (non-hydrogen) atoms. The van der Waals surface area contributed by atoms with Gasteiger partial charge in [-0.25, -0.2) is 4.79 Å². The molecule has 126 valence electrons. The summed E-state index contributed by atoms with van der Waals surface area (Å²) >= 11 is 0. The molecular formula is C17H18N2O5. The van der Waals surface area contributed by atoms with Crippen LogP contribution in [-0.2, 0) is 4.74 Å². The average Bonchev–Trinajstić information content (AvgIpc) is 2.56. The number of hydrogen-bond acceptors (Lipinski definition) is 6. The summed E-state index contributed by atoms with van der Waals surface area (Å²) < 4.78 is 10.5. The van der Waals surface area contributed by atoms with Gasteiger partial charge in [0.05, 0.1) is 17.6 Å². The molecule has 7 nitrogen and oxygen atoms in total. The Hall–Kier alpha value is -3.09. The van der Waals surface area contributed by atoms with Gasteiger partial charge in [0.1, 0.15) is 11.4 Å². The Kier molecular flexibility index (Phi) is 5.03. The number of nitrogens with one attached hydrogen (secondary N) is 1. The highest BCUT2D eigenvalue weighted by molar-refractivity contribution is 5.90. The number of methoxy groups -OCH3 is 1. The molecule has 0 aliphatic heterocycles. The van der Waals surface area contributed by atoms with E-state index in [0.29, 0.717) is 28.1 Å². The zero-order chi connectivity index (χ0) is 17.9. The fourth-order valence-electron chi connectivity index (χ4n) is 2.45. The van der Waals surface area contributed by atoms with Crippen LogP contribution in [0.3, 0.4) is 0 Å². The first-order valence-electron chi connectivity index (χ1n) is 7.21. The first kappa shape index (κ1) is 17.3. The fraction of sp³-hybridized carbons (Fsp3) is 0.235. The zero-order valence-corrected chi connectivity index (χ0v) is 13.9. The van der Waals surface area contributed by atoms with Crippen LogP contribution in [0.5, 0.6) is 11.5 Å². The zero-order valence-electron chi connectivity index (χ0n) is 13.9. The lowest BCUT2D eigenvalue weighted by molar-refractivity contribution is -0.384. The van der Waals surface area contributed by atoms with E-state index >= 15 is 0 Å². The number of hydrogen-bond donors (Lipinski definition) is 1. The number of carbonyl (C=O) groups excluding carboxylic acids is 1. The van der Waals surface area contributed by atoms with Crippen LogP contribution in [0.15, 0.2) is 30.3 Å². The van der Waals surface area contributed by atoms with Crippen LogP contribution in [0.2, 0.25) is 0 Å². The maximum Gasteiger partial charge on any atom is 0.337 e. The molecule has 7 heteroatoms. The molecule has 0 fully saturated rings. The number of benzene rings is 2. The van der Waals surface area contributed by atoms with Gasteiger partial charge >= 0.3 is 11.7 Å². The molecule has 2 rings (SSSR count). The van der Waals surface area contributed by atoms with Gasteiger partial charge in [-0.1, -0.05) is 6.07 Å². The SMILES string of the molecule is CNc1cccc(Oc2c(C)cc(C(=O)OC)cc2C)c1[N+](=O)[O-]. The number of aryl methyl sites for hydroxylation is 2. The highest BCUT2D eigenvalue weighted by Gasteiger charge is 2.22. The third kappa shape index (κ3) is 3.29. The Morgan fingerprint density at radius 1 is 1.21 bits per heavy atom. The third-order valence-electron chi connectivity index (χ3n) is 3.54. The molecule has 0 aromatic heterocycles. The Morgan fingerprint density at radius 2 is 1.83 bits per heavy atom. The lowest BCUT2D eigenvalue weighted by Crippen LogP contribution is -2.04. The molecule has 0 atom stereocenters. The van der Waals surface area contributed by atoms with E-state index in [1.165, 1.54) is 13.2 Å². The number of nitro benzene ring substituents is 1. The Bertz CT molecular complexity index is 779. The van der Waals surface area contributed by atoms with Crippen molar-refractivity contribution >= 4 is 17.3 Å². The summed E-state index contributed by atoms with van der Waals surface area (Å²) in [4.78, 5) is 22.5. The number of nitrogens with zero attached hydrogens (tertiary/aromatic N) is 1. The summed E-state index contributed by atoms with van der Waals surface area (Å²) in [6, 6.07) is 8.06. The van der Waals surface area contributed by atoms with E-state index in [1.54, 1.807) is 45.2 Å². The minimum atomic E-state index is -0.491. The van der Waals surface area contributed by atoms with Crippen molar-refractivity contribution in [1.29, 1.82) is 0 Å². The summed E-state index contributed by atoms with van der Waals surface area (Å²) in [6.45, 7) is 3.53. The summed E-state index contributed by atoms with van der Waals surface area (Å²) in [5.41, 5.74) is 1.98. The van der Waals surface area contributed by atoms with E-state index in [2.05, 4.69) is 5.32 Å². The standard InChI is InChI=1S/C17H18N2O5/c1-10-8-12(17(20)23-4)9-11(2)16(10)24-14-7-5-6-13(18-3)15(14)19(21)22/h5-9,18H,1-4H3.